The minimum absolute atomic E-state index is 0.101. The summed E-state index contributed by atoms with van der Waals surface area (Å²) in [6.07, 6.45) is -1.09. The molecule has 5 nitrogen and oxygen atoms in total. The van der Waals surface area contributed by atoms with Crippen molar-refractivity contribution in [3.05, 3.63) is 35.1 Å². The first-order valence-corrected chi connectivity index (χ1v) is 7.92. The number of halogens is 1. The second-order valence-electron chi connectivity index (χ2n) is 6.84. The van der Waals surface area contributed by atoms with Gasteiger partial charge in [0.05, 0.1) is 0 Å². The van der Waals surface area contributed by atoms with Crippen LogP contribution in [0.25, 0.3) is 0 Å². The Morgan fingerprint density at radius 2 is 1.88 bits per heavy atom. The van der Waals surface area contributed by atoms with Crippen molar-refractivity contribution >= 4 is 12.1 Å². The lowest BCUT2D eigenvalue weighted by Crippen LogP contribution is -2.37. The van der Waals surface area contributed by atoms with E-state index in [1.165, 1.54) is 12.1 Å². The highest BCUT2D eigenvalue weighted by Gasteiger charge is 2.21. The highest BCUT2D eigenvalue weighted by atomic mass is 19.1. The lowest BCUT2D eigenvalue weighted by atomic mass is 9.92. The molecule has 0 aliphatic carbocycles. The molecular formula is C18H26FNO4. The van der Waals surface area contributed by atoms with E-state index in [1.807, 2.05) is 13.8 Å². The average Bonchev–Trinajstić information content (AvgIpc) is 2.42. The number of hydrogen-bond donors (Lipinski definition) is 1. The van der Waals surface area contributed by atoms with Gasteiger partial charge in [-0.15, -0.1) is 0 Å². The van der Waals surface area contributed by atoms with Gasteiger partial charge >= 0.3 is 12.1 Å². The van der Waals surface area contributed by atoms with Gasteiger partial charge in [-0.2, -0.15) is 0 Å². The van der Waals surface area contributed by atoms with E-state index < -0.39 is 23.8 Å². The molecule has 0 saturated heterocycles. The van der Waals surface area contributed by atoms with Gasteiger partial charge in [-0.3, -0.25) is 4.79 Å². The number of carbonyl (C=O) groups excluding carboxylic acids is 2. The Balaban J connectivity index is 2.53. The summed E-state index contributed by atoms with van der Waals surface area (Å²) >= 11 is 0. The molecule has 0 bridgehead atoms. The smallest absolute Gasteiger partial charge is 0.408 e. The van der Waals surface area contributed by atoms with Gasteiger partial charge in [0.25, 0.3) is 0 Å². The molecule has 0 saturated carbocycles. The van der Waals surface area contributed by atoms with Gasteiger partial charge in [-0.25, -0.2) is 9.18 Å². The van der Waals surface area contributed by atoms with E-state index in [0.29, 0.717) is 0 Å². The van der Waals surface area contributed by atoms with E-state index in [2.05, 4.69) is 5.32 Å². The Labute approximate surface area is 142 Å². The zero-order chi connectivity index (χ0) is 18.5. The van der Waals surface area contributed by atoms with Crippen LogP contribution < -0.4 is 5.32 Å². The van der Waals surface area contributed by atoms with Gasteiger partial charge in [0, 0.05) is 5.92 Å². The first-order valence-electron chi connectivity index (χ1n) is 7.92. The maximum atomic E-state index is 13.2. The standard InChI is InChI=1S/C18H26FNO4/c1-11-9-14(19)7-8-15(11)12(2)13(3)23-16(21)10-20-17(22)24-18(4,5)6/h7-9,12-13H,10H2,1-6H3,(H,20,22)/t12-,13-/m0/s1. The quantitative estimate of drug-likeness (QED) is 0.831. The molecule has 0 heterocycles. The molecule has 1 aromatic carbocycles. The second kappa shape index (κ2) is 8.13. The van der Waals surface area contributed by atoms with Gasteiger partial charge in [0.1, 0.15) is 24.1 Å². The zero-order valence-corrected chi connectivity index (χ0v) is 15.1. The fraction of sp³-hybridized carbons (Fsp3) is 0.556. The van der Waals surface area contributed by atoms with E-state index in [1.54, 1.807) is 33.8 Å². The van der Waals surface area contributed by atoms with Crippen LogP contribution in [-0.2, 0) is 14.3 Å². The lowest BCUT2D eigenvalue weighted by molar-refractivity contribution is -0.148. The number of aryl methyl sites for hydroxylation is 1. The van der Waals surface area contributed by atoms with Crippen LogP contribution in [0.2, 0.25) is 0 Å². The molecule has 24 heavy (non-hydrogen) atoms. The molecule has 0 aliphatic rings. The number of nitrogens with one attached hydrogen (secondary N) is 1. The first-order chi connectivity index (χ1) is 11.0. The van der Waals surface area contributed by atoms with Gasteiger partial charge in [-0.1, -0.05) is 13.0 Å². The molecule has 0 unspecified atom stereocenters. The maximum Gasteiger partial charge on any atom is 0.408 e. The molecule has 0 fully saturated rings. The van der Waals surface area contributed by atoms with E-state index in [-0.39, 0.29) is 18.3 Å². The van der Waals surface area contributed by atoms with Crippen LogP contribution in [0.3, 0.4) is 0 Å². The third-order valence-electron chi connectivity index (χ3n) is 3.52. The summed E-state index contributed by atoms with van der Waals surface area (Å²) in [5.41, 5.74) is 1.09. The third kappa shape index (κ3) is 6.56. The minimum Gasteiger partial charge on any atom is -0.461 e. The van der Waals surface area contributed by atoms with E-state index in [0.717, 1.165) is 11.1 Å². The molecule has 1 N–H and O–H groups in total. The summed E-state index contributed by atoms with van der Waals surface area (Å²) in [5.74, 6) is -0.953. The van der Waals surface area contributed by atoms with E-state index in [4.69, 9.17) is 9.47 Å². The number of ether oxygens (including phenoxy) is 2. The molecular weight excluding hydrogens is 313 g/mol. The predicted octanol–water partition coefficient (Wildman–Crippen LogP) is 3.69. The summed E-state index contributed by atoms with van der Waals surface area (Å²) in [5, 5.41) is 2.36. The number of rotatable bonds is 5. The van der Waals surface area contributed by atoms with Crippen molar-refractivity contribution < 1.29 is 23.5 Å². The fourth-order valence-corrected chi connectivity index (χ4v) is 2.21. The Hall–Kier alpha value is -2.11. The van der Waals surface area contributed by atoms with Crippen molar-refractivity contribution in [1.29, 1.82) is 0 Å². The molecule has 0 radical (unpaired) electrons. The van der Waals surface area contributed by atoms with Crippen LogP contribution >= 0.6 is 0 Å². The van der Waals surface area contributed by atoms with Gasteiger partial charge in [0.15, 0.2) is 0 Å². The van der Waals surface area contributed by atoms with Gasteiger partial charge in [0.2, 0.25) is 0 Å². The summed E-state index contributed by atoms with van der Waals surface area (Å²) < 4.78 is 23.6. The summed E-state index contributed by atoms with van der Waals surface area (Å²) in [6.45, 7) is 10.4. The Bertz CT molecular complexity index is 595. The fourth-order valence-electron chi connectivity index (χ4n) is 2.21. The van der Waals surface area contributed by atoms with Gasteiger partial charge in [-0.05, 0) is 57.9 Å². The SMILES string of the molecule is Cc1cc(F)ccc1[C@@H](C)[C@H](C)OC(=O)CNC(=O)OC(C)(C)C. The number of hydrogen-bond acceptors (Lipinski definition) is 4. The number of carbonyl (C=O) groups is 2. The first kappa shape index (κ1) is 19.9. The summed E-state index contributed by atoms with van der Waals surface area (Å²) in [7, 11) is 0. The average molecular weight is 339 g/mol. The topological polar surface area (TPSA) is 64.6 Å². The van der Waals surface area contributed by atoms with Crippen molar-refractivity contribution in [2.75, 3.05) is 6.54 Å². The van der Waals surface area contributed by atoms with Crippen molar-refractivity contribution in [3.8, 4) is 0 Å². The van der Waals surface area contributed by atoms with E-state index in [9.17, 15) is 14.0 Å². The molecule has 6 heteroatoms. The van der Waals surface area contributed by atoms with Crippen LogP contribution in [-0.4, -0.2) is 30.3 Å². The summed E-state index contributed by atoms with van der Waals surface area (Å²) in [4.78, 5) is 23.4. The molecule has 1 rings (SSSR count). The number of benzene rings is 1. The second-order valence-corrected chi connectivity index (χ2v) is 6.84. The minimum atomic E-state index is -0.672. The number of amides is 1. The zero-order valence-electron chi connectivity index (χ0n) is 15.1. The highest BCUT2D eigenvalue weighted by Crippen LogP contribution is 2.25. The van der Waals surface area contributed by atoms with Gasteiger partial charge < -0.3 is 14.8 Å². The Morgan fingerprint density at radius 3 is 2.42 bits per heavy atom. The normalized spacial score (nSPS) is 13.8. The highest BCUT2D eigenvalue weighted by molar-refractivity contribution is 5.78. The van der Waals surface area contributed by atoms with Crippen molar-refractivity contribution in [2.45, 2.75) is 59.2 Å². The maximum absolute atomic E-state index is 13.2. The van der Waals surface area contributed by atoms with Crippen LogP contribution in [0.5, 0.6) is 0 Å². The van der Waals surface area contributed by atoms with Crippen LogP contribution in [0.1, 0.15) is 51.7 Å². The molecule has 1 aromatic rings. The Morgan fingerprint density at radius 1 is 1.25 bits per heavy atom. The Kier molecular flexibility index (Phi) is 6.75. The molecule has 0 aliphatic heterocycles. The van der Waals surface area contributed by atoms with Crippen molar-refractivity contribution in [3.63, 3.8) is 0 Å². The molecule has 0 aromatic heterocycles. The molecule has 134 valence electrons. The van der Waals surface area contributed by atoms with Crippen LogP contribution in [0, 0.1) is 12.7 Å². The molecule has 0 spiro atoms. The molecule has 2 atom stereocenters. The van der Waals surface area contributed by atoms with Crippen molar-refractivity contribution in [1.82, 2.24) is 5.32 Å². The lowest BCUT2D eigenvalue weighted by Gasteiger charge is -2.23. The summed E-state index contributed by atoms with van der Waals surface area (Å²) in [6, 6.07) is 4.53. The predicted molar refractivity (Wildman–Crippen MR) is 89.3 cm³/mol. The monoisotopic (exact) mass is 339 g/mol. The number of esters is 1. The van der Waals surface area contributed by atoms with Crippen LogP contribution in [0.15, 0.2) is 18.2 Å². The molecule has 1 amide bonds. The largest absolute Gasteiger partial charge is 0.461 e. The third-order valence-corrected chi connectivity index (χ3v) is 3.52. The number of alkyl carbamates (subject to hydrolysis) is 1. The van der Waals surface area contributed by atoms with Crippen LogP contribution in [0.4, 0.5) is 9.18 Å². The van der Waals surface area contributed by atoms with Crippen molar-refractivity contribution in [2.24, 2.45) is 0 Å². The van der Waals surface area contributed by atoms with E-state index >= 15 is 0 Å².